The molecule has 0 bridgehead atoms. The summed E-state index contributed by atoms with van der Waals surface area (Å²) in [6, 6.07) is 7.29. The van der Waals surface area contributed by atoms with Crippen molar-refractivity contribution in [2.75, 3.05) is 18.1 Å². The molecule has 0 aromatic carbocycles. The average Bonchev–Trinajstić information content (AvgIpc) is 3.37. The lowest BCUT2D eigenvalue weighted by molar-refractivity contribution is -0.110. The minimum atomic E-state index is 0.151. The van der Waals surface area contributed by atoms with Crippen molar-refractivity contribution in [2.45, 2.75) is 119 Å². The zero-order chi connectivity index (χ0) is 33.5. The van der Waals surface area contributed by atoms with E-state index < -0.39 is 0 Å². The fourth-order valence-corrected chi connectivity index (χ4v) is 4.57. The van der Waals surface area contributed by atoms with Crippen LogP contribution in [0.5, 0.6) is 0 Å². The third-order valence-electron chi connectivity index (χ3n) is 7.70. The summed E-state index contributed by atoms with van der Waals surface area (Å²) in [6.07, 6.45) is 15.0. The molecule has 0 fully saturated rings. The Bertz CT molecular complexity index is 1160. The van der Waals surface area contributed by atoms with Crippen LogP contribution < -0.4 is 11.1 Å². The maximum atomic E-state index is 10.6. The summed E-state index contributed by atoms with van der Waals surface area (Å²) in [7, 11) is 1.82. The zero-order valence-electron chi connectivity index (χ0n) is 28.8. The van der Waals surface area contributed by atoms with Crippen LogP contribution in [0.1, 0.15) is 135 Å². The number of fused-ring (bicyclic) bond motifs is 1. The van der Waals surface area contributed by atoms with Crippen molar-refractivity contribution in [3.8, 4) is 0 Å². The molecule has 3 aromatic rings. The number of nitrogens with two attached hydrogens (primary N) is 1. The van der Waals surface area contributed by atoms with E-state index >= 15 is 0 Å². The second-order valence-corrected chi connectivity index (χ2v) is 12.1. The zero-order valence-corrected chi connectivity index (χ0v) is 29.5. The van der Waals surface area contributed by atoms with Crippen LogP contribution in [0.2, 0.25) is 5.02 Å². The van der Waals surface area contributed by atoms with Gasteiger partial charge in [0.05, 0.1) is 5.02 Å². The molecule has 0 aliphatic rings. The number of carbonyl (C=O) groups excluding carboxylic acids is 2. The van der Waals surface area contributed by atoms with Crippen LogP contribution in [-0.2, 0) is 4.79 Å². The summed E-state index contributed by atoms with van der Waals surface area (Å²) in [5.41, 5.74) is 8.12. The molecule has 1 unspecified atom stereocenters. The molecule has 0 amide bonds. The fourth-order valence-electron chi connectivity index (χ4n) is 4.45. The molecule has 44 heavy (non-hydrogen) atoms. The van der Waals surface area contributed by atoms with E-state index in [-0.39, 0.29) is 11.7 Å². The highest BCUT2D eigenvalue weighted by atomic mass is 35.5. The van der Waals surface area contributed by atoms with E-state index in [4.69, 9.17) is 21.8 Å². The lowest BCUT2D eigenvalue weighted by atomic mass is 9.85. The van der Waals surface area contributed by atoms with Gasteiger partial charge in [-0.2, -0.15) is 0 Å². The molecule has 0 spiro atoms. The third-order valence-corrected chi connectivity index (χ3v) is 7.92. The standard InChI is InChI=1S/C13H26O.C11H12N2O2.C6H7ClN2.C6H14/c1-5-12(4)13(6-2)9-7-8-11(3)10-14;1-6(2)7-3-4-8-11(13-7)10(12)9(5-14)15-8;1-8-6-3-2-5(7)4-9-6;1-3-5-6-4-2/h10-13H,5-9H2,1-4H3;3-6H,12H2,1-2H3;2-4H,1H3,(H,8,9);3-6H2,1-2H3/t11-,12+,13?;;;/m0.../s1. The molecule has 3 heterocycles. The second-order valence-electron chi connectivity index (χ2n) is 11.7. The molecule has 0 aliphatic carbocycles. The number of hydrogen-bond acceptors (Lipinski definition) is 7. The number of furan rings is 1. The molecular weight excluding hydrogens is 572 g/mol. The van der Waals surface area contributed by atoms with Gasteiger partial charge in [-0.05, 0) is 48.4 Å². The van der Waals surface area contributed by atoms with Gasteiger partial charge >= 0.3 is 0 Å². The first-order valence-electron chi connectivity index (χ1n) is 16.4. The summed E-state index contributed by atoms with van der Waals surface area (Å²) in [5.74, 6) is 3.26. The van der Waals surface area contributed by atoms with Crippen LogP contribution in [0.3, 0.4) is 0 Å². The highest BCUT2D eigenvalue weighted by Crippen LogP contribution is 2.27. The van der Waals surface area contributed by atoms with Gasteiger partial charge in [0.25, 0.3) is 0 Å². The quantitative estimate of drug-likeness (QED) is 0.135. The number of aldehydes is 2. The molecular formula is C36H59ClN4O3. The predicted molar refractivity (Wildman–Crippen MR) is 189 cm³/mol. The van der Waals surface area contributed by atoms with Gasteiger partial charge in [0.1, 0.15) is 23.3 Å². The molecule has 3 atom stereocenters. The van der Waals surface area contributed by atoms with Gasteiger partial charge in [0, 0.05) is 24.9 Å². The lowest BCUT2D eigenvalue weighted by Crippen LogP contribution is -2.10. The van der Waals surface area contributed by atoms with Gasteiger partial charge in [-0.15, -0.1) is 0 Å². The molecule has 3 aromatic heterocycles. The molecule has 8 heteroatoms. The van der Waals surface area contributed by atoms with E-state index in [9.17, 15) is 9.59 Å². The number of nitrogen functional groups attached to an aromatic ring is 1. The van der Waals surface area contributed by atoms with Crippen LogP contribution in [-0.4, -0.2) is 29.6 Å². The van der Waals surface area contributed by atoms with Crippen molar-refractivity contribution in [3.63, 3.8) is 0 Å². The molecule has 0 saturated heterocycles. The number of nitrogens with zero attached hydrogens (tertiary/aromatic N) is 2. The van der Waals surface area contributed by atoms with Crippen molar-refractivity contribution in [2.24, 2.45) is 17.8 Å². The number of halogens is 1. The number of anilines is 2. The van der Waals surface area contributed by atoms with Crippen molar-refractivity contribution < 1.29 is 14.0 Å². The topological polar surface area (TPSA) is 111 Å². The van der Waals surface area contributed by atoms with Gasteiger partial charge in [0.2, 0.25) is 0 Å². The van der Waals surface area contributed by atoms with Crippen molar-refractivity contribution in [1.82, 2.24) is 9.97 Å². The number of unbranched alkanes of at least 4 members (excludes halogenated alkanes) is 3. The highest BCUT2D eigenvalue weighted by Gasteiger charge is 2.14. The van der Waals surface area contributed by atoms with Gasteiger partial charge < -0.3 is 20.3 Å². The van der Waals surface area contributed by atoms with Crippen molar-refractivity contribution >= 4 is 46.8 Å². The van der Waals surface area contributed by atoms with E-state index in [1.165, 1.54) is 51.4 Å². The molecule has 3 rings (SSSR count). The first-order valence-corrected chi connectivity index (χ1v) is 16.8. The summed E-state index contributed by atoms with van der Waals surface area (Å²) in [5, 5.41) is 3.55. The number of aromatic nitrogens is 2. The van der Waals surface area contributed by atoms with Crippen LogP contribution in [0.4, 0.5) is 11.5 Å². The van der Waals surface area contributed by atoms with E-state index in [1.54, 1.807) is 18.3 Å². The lowest BCUT2D eigenvalue weighted by Gasteiger charge is -2.21. The van der Waals surface area contributed by atoms with E-state index in [0.717, 1.165) is 36.1 Å². The van der Waals surface area contributed by atoms with Crippen LogP contribution in [0, 0.1) is 17.8 Å². The van der Waals surface area contributed by atoms with Gasteiger partial charge in [-0.1, -0.05) is 118 Å². The Morgan fingerprint density at radius 2 is 1.59 bits per heavy atom. The minimum Gasteiger partial charge on any atom is -0.449 e. The van der Waals surface area contributed by atoms with Gasteiger partial charge in [-0.3, -0.25) is 4.79 Å². The summed E-state index contributed by atoms with van der Waals surface area (Å²) in [6.45, 7) is 17.5. The third kappa shape index (κ3) is 16.2. The van der Waals surface area contributed by atoms with Crippen molar-refractivity contribution in [1.29, 1.82) is 0 Å². The normalized spacial score (nSPS) is 12.4. The molecule has 7 nitrogen and oxygen atoms in total. The Morgan fingerprint density at radius 1 is 0.932 bits per heavy atom. The monoisotopic (exact) mass is 630 g/mol. The first-order chi connectivity index (χ1) is 21.0. The Kier molecular flexibility index (Phi) is 22.8. The average molecular weight is 631 g/mol. The smallest absolute Gasteiger partial charge is 0.192 e. The van der Waals surface area contributed by atoms with E-state index in [0.29, 0.717) is 34.0 Å². The number of rotatable bonds is 14. The summed E-state index contributed by atoms with van der Waals surface area (Å²) >= 11 is 5.58. The van der Waals surface area contributed by atoms with Crippen LogP contribution in [0.15, 0.2) is 34.9 Å². The highest BCUT2D eigenvalue weighted by molar-refractivity contribution is 6.30. The summed E-state index contributed by atoms with van der Waals surface area (Å²) < 4.78 is 5.23. The van der Waals surface area contributed by atoms with E-state index in [2.05, 4.69) is 49.9 Å². The molecule has 0 saturated carbocycles. The Balaban J connectivity index is 0.000000591. The number of pyridine rings is 2. The Morgan fingerprint density at radius 3 is 2.05 bits per heavy atom. The Hall–Kier alpha value is -2.93. The number of nitrogens with one attached hydrogen (secondary N) is 1. The first kappa shape index (κ1) is 41.1. The van der Waals surface area contributed by atoms with Gasteiger partial charge in [0.15, 0.2) is 17.6 Å². The minimum absolute atomic E-state index is 0.151. The summed E-state index contributed by atoms with van der Waals surface area (Å²) in [4.78, 5) is 29.4. The maximum Gasteiger partial charge on any atom is 0.192 e. The predicted octanol–water partition coefficient (Wildman–Crippen LogP) is 10.8. The number of carbonyl (C=O) groups is 2. The molecule has 3 N–H and O–H groups in total. The van der Waals surface area contributed by atoms with Gasteiger partial charge in [-0.25, -0.2) is 9.97 Å². The van der Waals surface area contributed by atoms with Crippen LogP contribution in [0.25, 0.3) is 11.1 Å². The molecule has 0 radical (unpaired) electrons. The van der Waals surface area contributed by atoms with Crippen LogP contribution >= 0.6 is 11.6 Å². The largest absolute Gasteiger partial charge is 0.449 e. The molecule has 0 aliphatic heterocycles. The SMILES string of the molecule is CC(C)c1ccc2oc(C=O)c(N)c2n1.CCC(CCC[C@H](C)C=O)[C@H](C)CC.CCCCCC.CNc1ccc(Cl)cn1. The van der Waals surface area contributed by atoms with Crippen molar-refractivity contribution in [3.05, 3.63) is 46.9 Å². The maximum absolute atomic E-state index is 10.6. The number of hydrogen-bond donors (Lipinski definition) is 2. The van der Waals surface area contributed by atoms with E-state index in [1.807, 2.05) is 40.0 Å². The second kappa shape index (κ2) is 24.4. The fraction of sp³-hybridized carbons (Fsp3) is 0.611. The Labute approximate surface area is 272 Å². The molecule has 248 valence electrons.